The van der Waals surface area contributed by atoms with Crippen molar-refractivity contribution in [3.63, 3.8) is 0 Å². The number of aromatic nitrogens is 1. The van der Waals surface area contributed by atoms with Crippen molar-refractivity contribution in [3.8, 4) is 0 Å². The van der Waals surface area contributed by atoms with E-state index in [-0.39, 0.29) is 5.91 Å². The predicted molar refractivity (Wildman–Crippen MR) is 67.6 cm³/mol. The van der Waals surface area contributed by atoms with Gasteiger partial charge >= 0.3 is 0 Å². The van der Waals surface area contributed by atoms with Gasteiger partial charge in [0.05, 0.1) is 6.54 Å². The lowest BCUT2D eigenvalue weighted by Crippen LogP contribution is -2.30. The molecule has 17 heavy (non-hydrogen) atoms. The Kier molecular flexibility index (Phi) is 3.60. The molecule has 0 atom stereocenters. The molecular weight excluding hydrogens is 212 g/mol. The van der Waals surface area contributed by atoms with Gasteiger partial charge in [0.25, 0.3) is 5.91 Å². The monoisotopic (exact) mass is 228 g/mol. The topological polar surface area (TPSA) is 36.1 Å². The van der Waals surface area contributed by atoms with Gasteiger partial charge in [0.1, 0.15) is 0 Å². The molecule has 88 valence electrons. The highest BCUT2D eigenvalue weighted by atomic mass is 16.2. The van der Waals surface area contributed by atoms with Crippen molar-refractivity contribution >= 4 is 5.91 Å². The number of benzene rings is 1. The lowest BCUT2D eigenvalue weighted by molar-refractivity contribution is 0.0751. The number of nitrogens with one attached hydrogen (secondary N) is 1. The van der Waals surface area contributed by atoms with Gasteiger partial charge in [-0.25, -0.2) is 0 Å². The Morgan fingerprint density at radius 2 is 1.94 bits per heavy atom. The number of rotatable bonds is 4. The number of aromatic amines is 1. The summed E-state index contributed by atoms with van der Waals surface area (Å²) >= 11 is 0. The zero-order chi connectivity index (χ0) is 12.1. The summed E-state index contributed by atoms with van der Waals surface area (Å²) < 4.78 is 0. The zero-order valence-corrected chi connectivity index (χ0v) is 9.89. The van der Waals surface area contributed by atoms with Crippen LogP contribution in [0.15, 0.2) is 48.7 Å². The second kappa shape index (κ2) is 5.34. The molecule has 0 spiro atoms. The maximum atomic E-state index is 12.2. The summed E-state index contributed by atoms with van der Waals surface area (Å²) in [6, 6.07) is 13.3. The second-order valence-corrected chi connectivity index (χ2v) is 3.88. The van der Waals surface area contributed by atoms with Crippen molar-refractivity contribution in [3.05, 3.63) is 59.9 Å². The van der Waals surface area contributed by atoms with Gasteiger partial charge in [0.15, 0.2) is 0 Å². The van der Waals surface area contributed by atoms with Crippen LogP contribution in [0.25, 0.3) is 0 Å². The summed E-state index contributed by atoms with van der Waals surface area (Å²) in [5, 5.41) is 0. The molecule has 3 nitrogen and oxygen atoms in total. The number of carbonyl (C=O) groups excluding carboxylic acids is 1. The molecule has 0 bridgehead atoms. The highest BCUT2D eigenvalue weighted by Gasteiger charge is 2.13. The first-order valence-corrected chi connectivity index (χ1v) is 5.78. The minimum Gasteiger partial charge on any atom is -0.364 e. The van der Waals surface area contributed by atoms with E-state index in [4.69, 9.17) is 0 Å². The van der Waals surface area contributed by atoms with Gasteiger partial charge in [-0.2, -0.15) is 0 Å². The van der Waals surface area contributed by atoms with E-state index < -0.39 is 0 Å². The van der Waals surface area contributed by atoms with Crippen LogP contribution >= 0.6 is 0 Å². The highest BCUT2D eigenvalue weighted by Crippen LogP contribution is 2.08. The van der Waals surface area contributed by atoms with Gasteiger partial charge in [0, 0.05) is 24.0 Å². The van der Waals surface area contributed by atoms with Gasteiger partial charge in [-0.15, -0.1) is 0 Å². The second-order valence-electron chi connectivity index (χ2n) is 3.88. The van der Waals surface area contributed by atoms with Gasteiger partial charge in [-0.3, -0.25) is 4.79 Å². The molecule has 0 aliphatic heterocycles. The van der Waals surface area contributed by atoms with Gasteiger partial charge in [-0.1, -0.05) is 18.2 Å². The highest BCUT2D eigenvalue weighted by molar-refractivity contribution is 5.94. The van der Waals surface area contributed by atoms with Crippen molar-refractivity contribution in [2.24, 2.45) is 0 Å². The molecule has 0 unspecified atom stereocenters. The molecule has 3 heteroatoms. The lowest BCUT2D eigenvalue weighted by atomic mass is 10.2. The number of hydrogen-bond donors (Lipinski definition) is 1. The van der Waals surface area contributed by atoms with Gasteiger partial charge in [-0.05, 0) is 31.2 Å². The SMILES string of the molecule is CCN(Cc1ccc[nH]1)C(=O)c1ccccc1. The van der Waals surface area contributed by atoms with E-state index in [1.807, 2.05) is 60.5 Å². The fourth-order valence-corrected chi connectivity index (χ4v) is 1.76. The molecule has 1 heterocycles. The normalized spacial score (nSPS) is 10.2. The molecule has 1 N–H and O–H groups in total. The third-order valence-electron chi connectivity index (χ3n) is 2.71. The Labute approximate surface area is 101 Å². The average molecular weight is 228 g/mol. The predicted octanol–water partition coefficient (Wildman–Crippen LogP) is 2.68. The number of hydrogen-bond acceptors (Lipinski definition) is 1. The largest absolute Gasteiger partial charge is 0.364 e. The van der Waals surface area contributed by atoms with E-state index in [1.165, 1.54) is 0 Å². The van der Waals surface area contributed by atoms with E-state index in [0.29, 0.717) is 13.1 Å². The summed E-state index contributed by atoms with van der Waals surface area (Å²) in [7, 11) is 0. The molecule has 0 saturated heterocycles. The number of carbonyl (C=O) groups is 1. The molecule has 0 aliphatic rings. The Balaban J connectivity index is 2.11. The van der Waals surface area contributed by atoms with Crippen LogP contribution in [0.1, 0.15) is 23.0 Å². The lowest BCUT2D eigenvalue weighted by Gasteiger charge is -2.20. The van der Waals surface area contributed by atoms with Crippen LogP contribution in [0.3, 0.4) is 0 Å². The molecule has 1 aromatic heterocycles. The van der Waals surface area contributed by atoms with Gasteiger partial charge < -0.3 is 9.88 Å². The quantitative estimate of drug-likeness (QED) is 0.858. The van der Waals surface area contributed by atoms with Crippen LogP contribution in [-0.2, 0) is 6.54 Å². The molecule has 0 aliphatic carbocycles. The molecule has 2 aromatic rings. The van der Waals surface area contributed by atoms with Crippen molar-refractivity contribution in [1.29, 1.82) is 0 Å². The van der Waals surface area contributed by atoms with Crippen LogP contribution < -0.4 is 0 Å². The Morgan fingerprint density at radius 1 is 1.18 bits per heavy atom. The fraction of sp³-hybridized carbons (Fsp3) is 0.214. The minimum absolute atomic E-state index is 0.0719. The van der Waals surface area contributed by atoms with E-state index in [2.05, 4.69) is 4.98 Å². The maximum Gasteiger partial charge on any atom is 0.254 e. The summed E-state index contributed by atoms with van der Waals surface area (Å²) in [6.07, 6.45) is 1.87. The van der Waals surface area contributed by atoms with Crippen molar-refractivity contribution in [1.82, 2.24) is 9.88 Å². The number of nitrogens with zero attached hydrogens (tertiary/aromatic N) is 1. The number of amides is 1. The van der Waals surface area contributed by atoms with E-state index in [9.17, 15) is 4.79 Å². The first-order valence-electron chi connectivity index (χ1n) is 5.78. The maximum absolute atomic E-state index is 12.2. The Hall–Kier alpha value is -2.03. The van der Waals surface area contributed by atoms with Crippen molar-refractivity contribution in [2.75, 3.05) is 6.54 Å². The molecule has 2 rings (SSSR count). The van der Waals surface area contributed by atoms with Crippen LogP contribution in [0.5, 0.6) is 0 Å². The first-order chi connectivity index (χ1) is 8.31. The van der Waals surface area contributed by atoms with Crippen molar-refractivity contribution in [2.45, 2.75) is 13.5 Å². The summed E-state index contributed by atoms with van der Waals surface area (Å²) in [4.78, 5) is 17.1. The van der Waals surface area contributed by atoms with Crippen LogP contribution in [0, 0.1) is 0 Å². The first kappa shape index (κ1) is 11.5. The molecule has 0 radical (unpaired) electrons. The summed E-state index contributed by atoms with van der Waals surface area (Å²) in [5.41, 5.74) is 1.79. The van der Waals surface area contributed by atoms with Crippen LogP contribution in [0.2, 0.25) is 0 Å². The zero-order valence-electron chi connectivity index (χ0n) is 9.89. The minimum atomic E-state index is 0.0719. The summed E-state index contributed by atoms with van der Waals surface area (Å²) in [5.74, 6) is 0.0719. The molecular formula is C14H16N2O. The van der Waals surface area contributed by atoms with Crippen LogP contribution in [0.4, 0.5) is 0 Å². The standard InChI is InChI=1S/C14H16N2O/c1-2-16(11-13-9-6-10-15-13)14(17)12-7-4-3-5-8-12/h3-10,15H,2,11H2,1H3. The van der Waals surface area contributed by atoms with Crippen LogP contribution in [-0.4, -0.2) is 22.3 Å². The van der Waals surface area contributed by atoms with E-state index in [0.717, 1.165) is 11.3 Å². The molecule has 1 aromatic carbocycles. The number of H-pyrrole nitrogens is 1. The molecule has 0 fully saturated rings. The molecule has 1 amide bonds. The van der Waals surface area contributed by atoms with E-state index in [1.54, 1.807) is 0 Å². The van der Waals surface area contributed by atoms with E-state index >= 15 is 0 Å². The third-order valence-corrected chi connectivity index (χ3v) is 2.71. The fourth-order valence-electron chi connectivity index (χ4n) is 1.76. The van der Waals surface area contributed by atoms with Crippen molar-refractivity contribution < 1.29 is 4.79 Å². The van der Waals surface area contributed by atoms with Gasteiger partial charge in [0.2, 0.25) is 0 Å². The molecule has 0 saturated carbocycles. The smallest absolute Gasteiger partial charge is 0.254 e. The Bertz CT molecular complexity index is 462. The Morgan fingerprint density at radius 3 is 2.53 bits per heavy atom. The average Bonchev–Trinajstić information content (AvgIpc) is 2.89. The summed E-state index contributed by atoms with van der Waals surface area (Å²) in [6.45, 7) is 3.31. The third kappa shape index (κ3) is 2.75.